The second-order valence-corrected chi connectivity index (χ2v) is 22.8. The zero-order valence-electron chi connectivity index (χ0n) is 49.8. The Morgan fingerprint density at radius 2 is 0.676 bits per heavy atom. The molecule has 0 spiro atoms. The van der Waals surface area contributed by atoms with Gasteiger partial charge in [0.05, 0.1) is 25.4 Å². The molecule has 2 atom stereocenters. The molecule has 0 saturated carbocycles. The molecule has 0 aromatic rings. The van der Waals surface area contributed by atoms with Crippen molar-refractivity contribution in [1.82, 2.24) is 5.32 Å². The molecule has 74 heavy (non-hydrogen) atoms. The number of hydrogen-bond acceptors (Lipinski definition) is 5. The van der Waals surface area contributed by atoms with Crippen LogP contribution in [0, 0.1) is 0 Å². The van der Waals surface area contributed by atoms with Gasteiger partial charge in [-0.15, -0.1) is 0 Å². The van der Waals surface area contributed by atoms with Crippen molar-refractivity contribution < 1.29 is 24.5 Å². The lowest BCUT2D eigenvalue weighted by Crippen LogP contribution is -2.45. The zero-order chi connectivity index (χ0) is 53.6. The maximum atomic E-state index is 12.5. The number of nitrogens with one attached hydrogen (secondary N) is 1. The van der Waals surface area contributed by atoms with E-state index in [4.69, 9.17) is 4.74 Å². The predicted octanol–water partition coefficient (Wildman–Crippen LogP) is 21.1. The molecule has 0 aliphatic rings. The van der Waals surface area contributed by atoms with Crippen molar-refractivity contribution in [3.63, 3.8) is 0 Å². The van der Waals surface area contributed by atoms with Crippen LogP contribution in [0.5, 0.6) is 0 Å². The van der Waals surface area contributed by atoms with Gasteiger partial charge in [-0.25, -0.2) is 0 Å². The highest BCUT2D eigenvalue weighted by molar-refractivity contribution is 5.76. The molecule has 0 heterocycles. The Balaban J connectivity index is 3.37. The molecular weight excluding hydrogens is 911 g/mol. The number of ether oxygens (including phenoxy) is 1. The minimum Gasteiger partial charge on any atom is -0.466 e. The minimum absolute atomic E-state index is 0.00380. The van der Waals surface area contributed by atoms with Crippen LogP contribution in [0.15, 0.2) is 36.5 Å². The lowest BCUT2D eigenvalue weighted by molar-refractivity contribution is -0.143. The summed E-state index contributed by atoms with van der Waals surface area (Å²) in [6, 6.07) is -0.626. The van der Waals surface area contributed by atoms with Crippen LogP contribution in [0.3, 0.4) is 0 Å². The molecule has 0 rings (SSSR count). The SMILES string of the molecule is CCCCC/C=C\C/C=C\CCCCCCCC(=O)OCCCCCCCCCCCCCCCCCCCCCCCCCCCCCC(=O)N[C@@H](CO)[C@H](O)/C=C/CCCCCCCCCCCCCCC. The maximum Gasteiger partial charge on any atom is 0.305 e. The van der Waals surface area contributed by atoms with Crippen molar-refractivity contribution in [2.24, 2.45) is 0 Å². The summed E-state index contributed by atoms with van der Waals surface area (Å²) in [4.78, 5) is 24.5. The molecule has 0 aliphatic heterocycles. The highest BCUT2D eigenvalue weighted by atomic mass is 16.5. The molecule has 0 aliphatic carbocycles. The molecule has 0 aromatic heterocycles. The van der Waals surface area contributed by atoms with E-state index in [0.717, 1.165) is 51.4 Å². The number of allylic oxidation sites excluding steroid dienone is 5. The van der Waals surface area contributed by atoms with Crippen LogP contribution in [-0.2, 0) is 14.3 Å². The summed E-state index contributed by atoms with van der Waals surface area (Å²) < 4.78 is 5.48. The third-order valence-corrected chi connectivity index (χ3v) is 15.4. The molecule has 0 bridgehead atoms. The number of hydrogen-bond donors (Lipinski definition) is 3. The van der Waals surface area contributed by atoms with Gasteiger partial charge in [0.15, 0.2) is 0 Å². The van der Waals surface area contributed by atoms with Crippen molar-refractivity contribution >= 4 is 11.9 Å². The number of aliphatic hydroxyl groups excluding tert-OH is 2. The lowest BCUT2D eigenvalue weighted by atomic mass is 10.0. The van der Waals surface area contributed by atoms with Crippen molar-refractivity contribution in [3.05, 3.63) is 36.5 Å². The first kappa shape index (κ1) is 72.1. The van der Waals surface area contributed by atoms with Gasteiger partial charge in [0, 0.05) is 12.8 Å². The average molecular weight is 1040 g/mol. The molecule has 1 amide bonds. The Hall–Kier alpha value is -1.92. The van der Waals surface area contributed by atoms with E-state index in [1.165, 1.54) is 283 Å². The van der Waals surface area contributed by atoms with Crippen LogP contribution in [0.1, 0.15) is 361 Å². The van der Waals surface area contributed by atoms with Crippen LogP contribution in [-0.4, -0.2) is 47.4 Å². The predicted molar refractivity (Wildman–Crippen MR) is 324 cm³/mol. The summed E-state index contributed by atoms with van der Waals surface area (Å²) in [7, 11) is 0. The molecule has 3 N–H and O–H groups in total. The summed E-state index contributed by atoms with van der Waals surface area (Å²) in [6.45, 7) is 4.89. The Morgan fingerprint density at radius 1 is 0.378 bits per heavy atom. The van der Waals surface area contributed by atoms with Crippen LogP contribution < -0.4 is 5.32 Å². The van der Waals surface area contributed by atoms with E-state index < -0.39 is 12.1 Å². The monoisotopic (exact) mass is 1040 g/mol. The first-order valence-electron chi connectivity index (χ1n) is 33.3. The normalized spacial score (nSPS) is 12.8. The summed E-state index contributed by atoms with van der Waals surface area (Å²) in [5, 5.41) is 23.2. The van der Waals surface area contributed by atoms with E-state index in [-0.39, 0.29) is 18.5 Å². The fraction of sp³-hybridized carbons (Fsp3) is 0.882. The van der Waals surface area contributed by atoms with Crippen LogP contribution in [0.4, 0.5) is 0 Å². The quantitative estimate of drug-likeness (QED) is 0.0320. The van der Waals surface area contributed by atoms with Crippen molar-refractivity contribution in [3.8, 4) is 0 Å². The highest BCUT2D eigenvalue weighted by Crippen LogP contribution is 2.18. The van der Waals surface area contributed by atoms with E-state index in [1.807, 2.05) is 6.08 Å². The van der Waals surface area contributed by atoms with Crippen LogP contribution in [0.2, 0.25) is 0 Å². The Kier molecular flexibility index (Phi) is 62.0. The summed E-state index contributed by atoms with van der Waals surface area (Å²) >= 11 is 0. The van der Waals surface area contributed by atoms with E-state index in [0.29, 0.717) is 19.4 Å². The topological polar surface area (TPSA) is 95.9 Å². The third kappa shape index (κ3) is 59.3. The van der Waals surface area contributed by atoms with Crippen LogP contribution >= 0.6 is 0 Å². The number of esters is 1. The number of unbranched alkanes of at least 4 members (excludes halogenated alkanes) is 47. The second kappa shape index (κ2) is 63.6. The van der Waals surface area contributed by atoms with Crippen molar-refractivity contribution in [1.29, 1.82) is 0 Å². The van der Waals surface area contributed by atoms with E-state index in [1.54, 1.807) is 6.08 Å². The molecule has 0 saturated heterocycles. The lowest BCUT2D eigenvalue weighted by Gasteiger charge is -2.20. The molecule has 0 fully saturated rings. The first-order chi connectivity index (χ1) is 36.5. The van der Waals surface area contributed by atoms with Gasteiger partial charge < -0.3 is 20.3 Å². The molecule has 436 valence electrons. The molecular formula is C68H129NO5. The third-order valence-electron chi connectivity index (χ3n) is 15.4. The molecule has 6 heteroatoms. The van der Waals surface area contributed by atoms with E-state index in [9.17, 15) is 19.8 Å². The molecule has 0 radical (unpaired) electrons. The van der Waals surface area contributed by atoms with Gasteiger partial charge in [-0.1, -0.05) is 320 Å². The van der Waals surface area contributed by atoms with Crippen LogP contribution in [0.25, 0.3) is 0 Å². The summed E-state index contributed by atoms with van der Waals surface area (Å²) in [5.74, 6) is -0.0598. The fourth-order valence-corrected chi connectivity index (χ4v) is 10.3. The van der Waals surface area contributed by atoms with Gasteiger partial charge in [0.2, 0.25) is 5.91 Å². The number of amides is 1. The number of carbonyl (C=O) groups excluding carboxylic acids is 2. The van der Waals surface area contributed by atoms with Gasteiger partial charge in [-0.2, -0.15) is 0 Å². The van der Waals surface area contributed by atoms with Crippen molar-refractivity contribution in [2.45, 2.75) is 373 Å². The van der Waals surface area contributed by atoms with E-state index in [2.05, 4.69) is 43.5 Å². The number of rotatable bonds is 62. The highest BCUT2D eigenvalue weighted by Gasteiger charge is 2.18. The fourth-order valence-electron chi connectivity index (χ4n) is 10.3. The Labute approximate surface area is 462 Å². The largest absolute Gasteiger partial charge is 0.466 e. The van der Waals surface area contributed by atoms with E-state index >= 15 is 0 Å². The standard InChI is InChI=1S/C68H129NO5/c1-3-5-7-9-11-13-15-17-32-36-40-44-48-52-56-60-66(71)65(64-70)69-67(72)61-57-53-49-45-41-37-34-30-28-26-24-22-20-19-21-23-25-27-29-31-35-39-43-47-51-55-59-63-74-68(73)62-58-54-50-46-42-38-33-18-16-14-12-10-8-6-4-2/h12,14,18,33,56,60,65-66,70-71H,3-11,13,15-17,19-32,34-55,57-59,61-64H2,1-2H3,(H,69,72)/b14-12-,33-18-,60-56+/t65-,66+/m0/s1. The first-order valence-corrected chi connectivity index (χ1v) is 33.3. The minimum atomic E-state index is -0.842. The summed E-state index contributed by atoms with van der Waals surface area (Å²) in [5.41, 5.74) is 0. The molecule has 0 unspecified atom stereocenters. The smallest absolute Gasteiger partial charge is 0.305 e. The van der Waals surface area contributed by atoms with Gasteiger partial charge >= 0.3 is 5.97 Å². The van der Waals surface area contributed by atoms with Gasteiger partial charge in [0.1, 0.15) is 0 Å². The van der Waals surface area contributed by atoms with Crippen molar-refractivity contribution in [2.75, 3.05) is 13.2 Å². The van der Waals surface area contributed by atoms with Gasteiger partial charge in [-0.05, 0) is 64.2 Å². The zero-order valence-corrected chi connectivity index (χ0v) is 49.8. The second-order valence-electron chi connectivity index (χ2n) is 22.8. The number of carbonyl (C=O) groups is 2. The maximum absolute atomic E-state index is 12.5. The average Bonchev–Trinajstić information content (AvgIpc) is 3.40. The Bertz CT molecular complexity index is 1200. The van der Waals surface area contributed by atoms with Gasteiger partial charge in [0.25, 0.3) is 0 Å². The molecule has 6 nitrogen and oxygen atoms in total. The Morgan fingerprint density at radius 3 is 1.05 bits per heavy atom. The summed E-state index contributed by atoms with van der Waals surface area (Å²) in [6.07, 6.45) is 80.6. The van der Waals surface area contributed by atoms with Gasteiger partial charge in [-0.3, -0.25) is 9.59 Å². The number of aliphatic hydroxyl groups is 2. The molecule has 0 aromatic carbocycles.